The smallest absolute Gasteiger partial charge is 0.306 e. The summed E-state index contributed by atoms with van der Waals surface area (Å²) in [4.78, 5) is 25.2. The van der Waals surface area contributed by atoms with Crippen LogP contribution in [0.15, 0.2) is 158 Å². The van der Waals surface area contributed by atoms with Crippen LogP contribution < -0.4 is 4.89 Å². The maximum Gasteiger partial charge on any atom is 0.306 e. The van der Waals surface area contributed by atoms with Crippen LogP contribution in [0, 0.1) is 0 Å². The van der Waals surface area contributed by atoms with Gasteiger partial charge in [-0.15, -0.1) is 0 Å². The Bertz CT molecular complexity index is 1650. The Hall–Kier alpha value is -3.88. The van der Waals surface area contributed by atoms with Gasteiger partial charge in [0.15, 0.2) is 0 Å². The van der Waals surface area contributed by atoms with E-state index in [1.54, 1.807) is 0 Å². The molecule has 0 saturated heterocycles. The molecule has 0 spiro atoms. The number of phosphoric acid groups is 1. The number of quaternary nitrogens is 1. The fourth-order valence-electron chi connectivity index (χ4n) is 6.12. The molecule has 0 aliphatic heterocycles. The summed E-state index contributed by atoms with van der Waals surface area (Å²) >= 11 is 0. The molecule has 2 unspecified atom stereocenters. The quantitative estimate of drug-likeness (QED) is 0.0197. The first-order chi connectivity index (χ1) is 33.6. The summed E-state index contributed by atoms with van der Waals surface area (Å²) in [6, 6.07) is 0. The molecule has 388 valence electrons. The van der Waals surface area contributed by atoms with E-state index in [4.69, 9.17) is 18.5 Å². The molecule has 0 aromatic rings. The number of likely N-dealkylation sites (N-methyl/N-ethyl adjacent to an activating group) is 1. The van der Waals surface area contributed by atoms with Crippen molar-refractivity contribution in [2.75, 3.05) is 54.1 Å². The molecule has 0 aliphatic rings. The van der Waals surface area contributed by atoms with Crippen LogP contribution in [-0.4, -0.2) is 70.7 Å². The zero-order chi connectivity index (χ0) is 50.5. The largest absolute Gasteiger partial charge is 0.756 e. The van der Waals surface area contributed by atoms with Crippen molar-refractivity contribution in [3.63, 3.8) is 0 Å². The van der Waals surface area contributed by atoms with E-state index in [1.165, 1.54) is 0 Å². The third kappa shape index (κ3) is 54.9. The highest BCUT2D eigenvalue weighted by atomic mass is 31.2. The number of ether oxygens (including phenoxy) is 2. The van der Waals surface area contributed by atoms with Gasteiger partial charge in [0.1, 0.15) is 19.3 Å². The highest BCUT2D eigenvalue weighted by molar-refractivity contribution is 7.45. The molecular weight excluding hydrogens is 878 g/mol. The van der Waals surface area contributed by atoms with Crippen molar-refractivity contribution >= 4 is 13.8 Å². The van der Waals surface area contributed by atoms with Crippen LogP contribution in [0.5, 0.6) is 0 Å². The number of rotatable bonds is 46. The number of carbonyl (C=O) groups excluding carboxylic acids is 1. The third-order valence-electron chi connectivity index (χ3n) is 10.1. The minimum absolute atomic E-state index is 0.00115. The lowest BCUT2D eigenvalue weighted by Crippen LogP contribution is -2.37. The van der Waals surface area contributed by atoms with Crippen LogP contribution in [0.25, 0.3) is 0 Å². The maximum absolute atomic E-state index is 12.8. The highest BCUT2D eigenvalue weighted by Gasteiger charge is 2.20. The van der Waals surface area contributed by atoms with Crippen LogP contribution in [0.4, 0.5) is 0 Å². The molecule has 0 radical (unpaired) electrons. The Balaban J connectivity index is 4.35. The second-order valence-corrected chi connectivity index (χ2v) is 19.2. The fourth-order valence-corrected chi connectivity index (χ4v) is 6.84. The first-order valence-corrected chi connectivity index (χ1v) is 27.7. The van der Waals surface area contributed by atoms with E-state index >= 15 is 0 Å². The van der Waals surface area contributed by atoms with Crippen molar-refractivity contribution in [3.05, 3.63) is 158 Å². The topological polar surface area (TPSA) is 94.1 Å². The number of carbonyl (C=O) groups is 1. The minimum Gasteiger partial charge on any atom is -0.756 e. The number of phosphoric ester groups is 1. The lowest BCUT2D eigenvalue weighted by Gasteiger charge is -2.28. The SMILES string of the molecule is CC/C=C\C/C=C\C/C=C\C/C=C\C/C=C\C/C=C\C/C=C\CCCCOCC(COP(=O)([O-])OCC[N+](C)(C)C)OC(=O)CCCCCC/C=C\C/C=C\C/C=C\C/C=C\C/C=C\C/C=C\CC. The maximum atomic E-state index is 12.8. The first-order valence-electron chi connectivity index (χ1n) is 26.2. The summed E-state index contributed by atoms with van der Waals surface area (Å²) in [5.41, 5.74) is 0. The van der Waals surface area contributed by atoms with Crippen LogP contribution in [-0.2, 0) is 27.9 Å². The van der Waals surface area contributed by atoms with Gasteiger partial charge in [-0.2, -0.15) is 0 Å². The van der Waals surface area contributed by atoms with Gasteiger partial charge in [-0.3, -0.25) is 9.36 Å². The van der Waals surface area contributed by atoms with Gasteiger partial charge < -0.3 is 27.9 Å². The second kappa shape index (κ2) is 50.5. The number of unbranched alkanes of at least 4 members (excludes halogenated alkanes) is 6. The van der Waals surface area contributed by atoms with E-state index in [1.807, 2.05) is 21.1 Å². The summed E-state index contributed by atoms with van der Waals surface area (Å²) in [5.74, 6) is -0.382. The number of hydrogen-bond acceptors (Lipinski definition) is 7. The zero-order valence-corrected chi connectivity index (χ0v) is 44.8. The molecule has 9 heteroatoms. The molecule has 0 fully saturated rings. The number of nitrogens with zero attached hydrogens (tertiary/aromatic N) is 1. The molecule has 0 aliphatic carbocycles. The molecule has 0 saturated carbocycles. The van der Waals surface area contributed by atoms with Gasteiger partial charge >= 0.3 is 5.97 Å². The third-order valence-corrected chi connectivity index (χ3v) is 11.0. The van der Waals surface area contributed by atoms with Gasteiger partial charge in [0.05, 0.1) is 34.4 Å². The fraction of sp³-hybridized carbons (Fsp3) is 0.550. The highest BCUT2D eigenvalue weighted by Crippen LogP contribution is 2.38. The summed E-state index contributed by atoms with van der Waals surface area (Å²) in [6.07, 6.45) is 77.1. The Labute approximate surface area is 422 Å². The first kappa shape index (κ1) is 65.1. The predicted molar refractivity (Wildman–Crippen MR) is 295 cm³/mol. The van der Waals surface area contributed by atoms with Gasteiger partial charge in [0.25, 0.3) is 7.82 Å². The molecule has 0 aromatic heterocycles. The molecule has 0 bridgehead atoms. The molecular formula is C60H96NO7P. The minimum atomic E-state index is -4.57. The van der Waals surface area contributed by atoms with Gasteiger partial charge in [0.2, 0.25) is 0 Å². The Morgan fingerprint density at radius 2 is 0.797 bits per heavy atom. The lowest BCUT2D eigenvalue weighted by atomic mass is 10.1. The van der Waals surface area contributed by atoms with E-state index in [2.05, 4.69) is 172 Å². The number of allylic oxidation sites excluding steroid dienone is 26. The predicted octanol–water partition coefficient (Wildman–Crippen LogP) is 16.0. The van der Waals surface area contributed by atoms with Crippen molar-refractivity contribution in [1.29, 1.82) is 0 Å². The zero-order valence-electron chi connectivity index (χ0n) is 43.9. The molecule has 0 N–H and O–H groups in total. The Kier molecular flexibility index (Phi) is 47.7. The van der Waals surface area contributed by atoms with Crippen LogP contribution in [0.1, 0.15) is 155 Å². The van der Waals surface area contributed by atoms with E-state index in [0.717, 1.165) is 128 Å². The van der Waals surface area contributed by atoms with E-state index < -0.39 is 13.9 Å². The van der Waals surface area contributed by atoms with Crippen LogP contribution in [0.2, 0.25) is 0 Å². The van der Waals surface area contributed by atoms with Crippen molar-refractivity contribution in [1.82, 2.24) is 0 Å². The summed E-state index contributed by atoms with van der Waals surface area (Å²) in [7, 11) is 1.28. The van der Waals surface area contributed by atoms with Crippen molar-refractivity contribution in [2.45, 2.75) is 161 Å². The van der Waals surface area contributed by atoms with E-state index in [0.29, 0.717) is 24.1 Å². The second-order valence-electron chi connectivity index (χ2n) is 17.8. The molecule has 0 rings (SSSR count). The summed E-state index contributed by atoms with van der Waals surface area (Å²) < 4.78 is 34.7. The molecule has 0 heterocycles. The Morgan fingerprint density at radius 1 is 0.449 bits per heavy atom. The molecule has 69 heavy (non-hydrogen) atoms. The van der Waals surface area contributed by atoms with Crippen molar-refractivity contribution in [2.24, 2.45) is 0 Å². The molecule has 0 aromatic carbocycles. The average molecular weight is 974 g/mol. The normalized spacial score (nSPS) is 14.8. The molecule has 2 atom stereocenters. The molecule has 0 amide bonds. The monoisotopic (exact) mass is 974 g/mol. The summed E-state index contributed by atoms with van der Waals surface area (Å²) in [5, 5.41) is 0. The van der Waals surface area contributed by atoms with Crippen molar-refractivity contribution in [3.8, 4) is 0 Å². The average Bonchev–Trinajstić information content (AvgIpc) is 3.31. The van der Waals surface area contributed by atoms with Crippen LogP contribution in [0.3, 0.4) is 0 Å². The Morgan fingerprint density at radius 3 is 1.17 bits per heavy atom. The van der Waals surface area contributed by atoms with E-state index in [9.17, 15) is 14.3 Å². The van der Waals surface area contributed by atoms with Gasteiger partial charge in [-0.25, -0.2) is 0 Å². The van der Waals surface area contributed by atoms with Gasteiger partial charge in [0, 0.05) is 13.0 Å². The van der Waals surface area contributed by atoms with E-state index in [-0.39, 0.29) is 32.2 Å². The molecule has 8 nitrogen and oxygen atoms in total. The number of esters is 1. The van der Waals surface area contributed by atoms with Gasteiger partial charge in [-0.1, -0.05) is 185 Å². The van der Waals surface area contributed by atoms with Crippen LogP contribution >= 0.6 is 7.82 Å². The summed E-state index contributed by atoms with van der Waals surface area (Å²) in [6.45, 7) is 4.98. The lowest BCUT2D eigenvalue weighted by molar-refractivity contribution is -0.870. The standard InChI is InChI=1S/C60H96NO7P/c1-6-8-10-12-14-16-18-20-22-24-26-28-30-32-34-36-38-40-42-44-46-48-50-52-55-65-57-59(58-67-69(63,64)66-56-54-61(3,4)5)68-60(62)53-51-49-47-45-43-41-39-37-35-33-31-29-27-25-23-21-19-17-15-13-11-9-7-2/h8-11,14-17,20-23,26-29,32-35,38-41,44,46,59H,6-7,12-13,18-19,24-25,30-31,36-37,42-43,45,47-58H2,1-5H3/b10-8-,11-9-,16-14-,17-15-,22-20-,23-21-,28-26-,29-27-,34-32-,35-33-,40-38-,41-39-,46-44-. The van der Waals surface area contributed by atoms with Crippen molar-refractivity contribution < 1.29 is 37.3 Å². The number of hydrogen-bond donors (Lipinski definition) is 0. The van der Waals surface area contributed by atoms with Gasteiger partial charge in [-0.05, 0) is 122 Å².